The number of hydrogen-bond acceptors (Lipinski definition) is 5. The largest absolute Gasteiger partial charge is 0.321 e. The predicted molar refractivity (Wildman–Crippen MR) is 145 cm³/mol. The number of rotatable bonds is 6. The number of alkyl halides is 3. The lowest BCUT2D eigenvalue weighted by Gasteiger charge is -2.46. The first-order chi connectivity index (χ1) is 19.1. The zero-order valence-corrected chi connectivity index (χ0v) is 23.1. The maximum Gasteiger partial charge on any atom is 0.290 e. The molecule has 10 heteroatoms. The van der Waals surface area contributed by atoms with Crippen LogP contribution in [0.25, 0.3) is 0 Å². The minimum Gasteiger partial charge on any atom is -0.321 e. The number of nitrogens with zero attached hydrogens (tertiary/aromatic N) is 5. The van der Waals surface area contributed by atoms with Crippen LogP contribution in [0.3, 0.4) is 0 Å². The van der Waals surface area contributed by atoms with Gasteiger partial charge in [-0.25, -0.2) is 9.37 Å². The van der Waals surface area contributed by atoms with Gasteiger partial charge in [0, 0.05) is 44.7 Å². The number of likely N-dealkylation sites (tertiary alicyclic amines) is 1. The van der Waals surface area contributed by atoms with E-state index in [9.17, 15) is 18.0 Å². The first-order valence-corrected chi connectivity index (χ1v) is 14.1. The van der Waals surface area contributed by atoms with Crippen molar-refractivity contribution < 1.29 is 18.0 Å². The third kappa shape index (κ3) is 4.70. The molecule has 2 atom stereocenters. The fourth-order valence-electron chi connectivity index (χ4n) is 6.94. The summed E-state index contributed by atoms with van der Waals surface area (Å²) in [5.41, 5.74) is 2.16. The van der Waals surface area contributed by atoms with E-state index in [1.54, 1.807) is 18.5 Å². The van der Waals surface area contributed by atoms with Crippen molar-refractivity contribution in [2.45, 2.75) is 70.0 Å². The lowest BCUT2D eigenvalue weighted by atomic mass is 9.58. The minimum atomic E-state index is -3.08. The summed E-state index contributed by atoms with van der Waals surface area (Å²) in [4.78, 5) is 19.7. The summed E-state index contributed by atoms with van der Waals surface area (Å²) in [6.45, 7) is 5.57. The number of pyridine rings is 1. The number of nitrogens with one attached hydrogen (secondary N) is 1. The Hall–Kier alpha value is -3.27. The van der Waals surface area contributed by atoms with Crippen LogP contribution in [0.15, 0.2) is 36.7 Å². The van der Waals surface area contributed by atoms with Gasteiger partial charge in [-0.05, 0) is 66.5 Å². The molecule has 6 rings (SSSR count). The van der Waals surface area contributed by atoms with Crippen LogP contribution >= 0.6 is 0 Å². The fraction of sp³-hybridized carbons (Fsp3) is 0.533. The molecule has 0 bridgehead atoms. The van der Waals surface area contributed by atoms with Crippen LogP contribution in [0.1, 0.15) is 78.2 Å². The molecule has 0 radical (unpaired) electrons. The Morgan fingerprint density at radius 1 is 1.20 bits per heavy atom. The average Bonchev–Trinajstić information content (AvgIpc) is 3.46. The van der Waals surface area contributed by atoms with Crippen LogP contribution in [0.5, 0.6) is 0 Å². The smallest absolute Gasteiger partial charge is 0.290 e. The first-order valence-electron chi connectivity index (χ1n) is 14.1. The van der Waals surface area contributed by atoms with Crippen LogP contribution in [-0.4, -0.2) is 49.8 Å². The van der Waals surface area contributed by atoms with E-state index in [4.69, 9.17) is 0 Å². The number of piperidine rings is 1. The quantitative estimate of drug-likeness (QED) is 0.444. The second-order valence-electron chi connectivity index (χ2n) is 12.1. The van der Waals surface area contributed by atoms with Crippen molar-refractivity contribution in [3.8, 4) is 0 Å². The van der Waals surface area contributed by atoms with E-state index in [1.807, 2.05) is 36.7 Å². The van der Waals surface area contributed by atoms with Gasteiger partial charge in [0.1, 0.15) is 29.7 Å². The first kappa shape index (κ1) is 26.9. The normalized spacial score (nSPS) is 27.7. The SMILES string of the molecule is CC1CC(c2cccc(NC(=O)c3cc(CN4CC[C@H](F)[C@H](C)C4)c4c(n3)C(F)(F)CC4)c2)(c2nncn2C)C1. The van der Waals surface area contributed by atoms with Crippen molar-refractivity contribution >= 4 is 11.6 Å². The van der Waals surface area contributed by atoms with Gasteiger partial charge in [0.25, 0.3) is 11.8 Å². The Balaban J connectivity index is 1.28. The number of anilines is 1. The van der Waals surface area contributed by atoms with Crippen molar-refractivity contribution in [1.82, 2.24) is 24.6 Å². The van der Waals surface area contributed by atoms with Crippen molar-refractivity contribution in [2.24, 2.45) is 18.9 Å². The molecule has 2 fully saturated rings. The second-order valence-corrected chi connectivity index (χ2v) is 12.1. The number of fused-ring (bicyclic) bond motifs is 1. The molecule has 3 heterocycles. The van der Waals surface area contributed by atoms with E-state index in [0.29, 0.717) is 48.8 Å². The number of benzene rings is 1. The number of hydrogen-bond donors (Lipinski definition) is 1. The van der Waals surface area contributed by atoms with Gasteiger partial charge in [-0.1, -0.05) is 26.0 Å². The molecule has 7 nitrogen and oxygen atoms in total. The Labute approximate surface area is 232 Å². The number of aryl methyl sites for hydroxylation is 1. The molecular formula is C30H35F3N6O. The molecule has 1 amide bonds. The molecule has 1 N–H and O–H groups in total. The van der Waals surface area contributed by atoms with Crippen molar-refractivity contribution in [3.05, 3.63) is 70.6 Å². The number of carbonyl (C=O) groups is 1. The molecule has 0 unspecified atom stereocenters. The molecule has 212 valence electrons. The number of halogens is 3. The van der Waals surface area contributed by atoms with Crippen molar-refractivity contribution in [3.63, 3.8) is 0 Å². The molecule has 0 spiro atoms. The Bertz CT molecular complexity index is 1430. The van der Waals surface area contributed by atoms with Crippen molar-refractivity contribution in [1.29, 1.82) is 0 Å². The Morgan fingerprint density at radius 2 is 2.00 bits per heavy atom. The standard InChI is InChI=1S/C30H35F3N6O/c1-18-13-29(14-18,28-37-34-17-38(28)3)21-5-4-6-22(12-21)35-27(40)25-11-20(16-39-10-8-24(31)19(2)15-39)23-7-9-30(32,33)26(23)36-25/h4-6,11-12,17-19,24H,7-10,13-16H2,1-3H3,(H,35,40)/t18?,19-,24+,29?/m1/s1. The van der Waals surface area contributed by atoms with Gasteiger partial charge < -0.3 is 9.88 Å². The maximum atomic E-state index is 14.8. The Kier molecular flexibility index (Phi) is 6.71. The zero-order chi connectivity index (χ0) is 28.2. The van der Waals surface area contributed by atoms with Crippen LogP contribution < -0.4 is 5.32 Å². The van der Waals surface area contributed by atoms with E-state index in [1.165, 1.54) is 0 Å². The summed E-state index contributed by atoms with van der Waals surface area (Å²) in [6.07, 6.45) is 2.99. The van der Waals surface area contributed by atoms with E-state index in [-0.39, 0.29) is 35.6 Å². The molecular weight excluding hydrogens is 517 g/mol. The summed E-state index contributed by atoms with van der Waals surface area (Å²) in [7, 11) is 1.93. The summed E-state index contributed by atoms with van der Waals surface area (Å²) in [5.74, 6) is -2.32. The van der Waals surface area contributed by atoms with Gasteiger partial charge in [0.2, 0.25) is 0 Å². The van der Waals surface area contributed by atoms with E-state index in [2.05, 4.69) is 32.3 Å². The lowest BCUT2D eigenvalue weighted by molar-refractivity contribution is -0.00603. The molecule has 3 aromatic rings. The summed E-state index contributed by atoms with van der Waals surface area (Å²) in [6, 6.07) is 9.28. The zero-order valence-electron chi connectivity index (χ0n) is 23.1. The number of aromatic nitrogens is 4. The van der Waals surface area contributed by atoms with Gasteiger partial charge in [0.05, 0.1) is 5.41 Å². The fourth-order valence-corrected chi connectivity index (χ4v) is 6.94. The highest BCUT2D eigenvalue weighted by molar-refractivity contribution is 6.03. The van der Waals surface area contributed by atoms with Crippen LogP contribution in [0.2, 0.25) is 0 Å². The molecule has 2 aliphatic carbocycles. The monoisotopic (exact) mass is 552 g/mol. The van der Waals surface area contributed by atoms with E-state index < -0.39 is 18.0 Å². The topological polar surface area (TPSA) is 75.9 Å². The van der Waals surface area contributed by atoms with E-state index in [0.717, 1.165) is 24.2 Å². The van der Waals surface area contributed by atoms with Gasteiger partial charge in [-0.2, -0.15) is 8.78 Å². The van der Waals surface area contributed by atoms with Gasteiger partial charge >= 0.3 is 0 Å². The van der Waals surface area contributed by atoms with Gasteiger partial charge in [-0.3, -0.25) is 9.69 Å². The highest BCUT2D eigenvalue weighted by Crippen LogP contribution is 2.51. The van der Waals surface area contributed by atoms with Crippen LogP contribution in [0.4, 0.5) is 18.9 Å². The summed E-state index contributed by atoms with van der Waals surface area (Å²) < 4.78 is 45.6. The third-order valence-corrected chi connectivity index (χ3v) is 8.97. The molecule has 3 aliphatic rings. The Morgan fingerprint density at radius 3 is 2.70 bits per heavy atom. The predicted octanol–water partition coefficient (Wildman–Crippen LogP) is 5.40. The van der Waals surface area contributed by atoms with Gasteiger partial charge in [0.15, 0.2) is 0 Å². The van der Waals surface area contributed by atoms with Gasteiger partial charge in [-0.15, -0.1) is 10.2 Å². The molecule has 40 heavy (non-hydrogen) atoms. The summed E-state index contributed by atoms with van der Waals surface area (Å²) >= 11 is 0. The van der Waals surface area contributed by atoms with Crippen molar-refractivity contribution in [2.75, 3.05) is 18.4 Å². The van der Waals surface area contributed by atoms with Crippen LogP contribution in [-0.2, 0) is 31.4 Å². The third-order valence-electron chi connectivity index (χ3n) is 8.97. The maximum absolute atomic E-state index is 14.8. The number of amides is 1. The second kappa shape index (κ2) is 9.98. The highest BCUT2D eigenvalue weighted by Gasteiger charge is 2.48. The minimum absolute atomic E-state index is 0.0329. The molecule has 1 saturated heterocycles. The molecule has 1 aliphatic heterocycles. The molecule has 2 aromatic heterocycles. The summed E-state index contributed by atoms with van der Waals surface area (Å²) in [5, 5.41) is 11.4. The molecule has 1 saturated carbocycles. The van der Waals surface area contributed by atoms with E-state index >= 15 is 0 Å². The molecule has 1 aromatic carbocycles. The average molecular weight is 553 g/mol. The van der Waals surface area contributed by atoms with Crippen LogP contribution in [0, 0.1) is 11.8 Å². The number of carbonyl (C=O) groups excluding carboxylic acids is 1. The highest BCUT2D eigenvalue weighted by atomic mass is 19.3. The lowest BCUT2D eigenvalue weighted by Crippen LogP contribution is -2.43.